The molecule has 0 radical (unpaired) electrons. The van der Waals surface area contributed by atoms with Gasteiger partial charge >= 0.3 is 0 Å². The summed E-state index contributed by atoms with van der Waals surface area (Å²) < 4.78 is 24.9. The van der Waals surface area contributed by atoms with E-state index in [4.69, 9.17) is 18.9 Å². The molecule has 0 aromatic carbocycles. The Labute approximate surface area is 270 Å². The van der Waals surface area contributed by atoms with Crippen LogP contribution in [0.2, 0.25) is 0 Å². The molecule has 0 amide bonds. The quantitative estimate of drug-likeness (QED) is 0.283. The second-order valence-corrected chi connectivity index (χ2v) is 17.2. The molecule has 0 aromatic rings. The van der Waals surface area contributed by atoms with Crippen molar-refractivity contribution < 1.29 is 39.4 Å². The van der Waals surface area contributed by atoms with Crippen molar-refractivity contribution in [3.8, 4) is 0 Å². The van der Waals surface area contributed by atoms with Crippen LogP contribution in [-0.4, -0.2) is 88.8 Å². The first-order valence-corrected chi connectivity index (χ1v) is 17.6. The van der Waals surface area contributed by atoms with Crippen LogP contribution < -0.4 is 0 Å². The van der Waals surface area contributed by atoms with Crippen molar-refractivity contribution in [2.75, 3.05) is 20.3 Å². The minimum atomic E-state index is -1.46. The van der Waals surface area contributed by atoms with E-state index in [9.17, 15) is 20.4 Å². The van der Waals surface area contributed by atoms with Crippen molar-refractivity contribution in [3.63, 3.8) is 0 Å². The van der Waals surface area contributed by atoms with Gasteiger partial charge in [0.05, 0.1) is 30.5 Å². The molecule has 2 aliphatic heterocycles. The fraction of sp³-hybridized carbons (Fsp3) is 0.892. The topological polar surface area (TPSA) is 118 Å². The zero-order valence-electron chi connectivity index (χ0n) is 28.9. The zero-order chi connectivity index (χ0) is 32.8. The predicted molar refractivity (Wildman–Crippen MR) is 171 cm³/mol. The summed E-state index contributed by atoms with van der Waals surface area (Å²) in [5.41, 5.74) is -0.609. The summed E-state index contributed by atoms with van der Waals surface area (Å²) >= 11 is 0. The highest BCUT2D eigenvalue weighted by molar-refractivity contribution is 5.33. The largest absolute Gasteiger partial charge is 0.394 e. The van der Waals surface area contributed by atoms with Crippen LogP contribution in [0.25, 0.3) is 0 Å². The lowest BCUT2D eigenvalue weighted by Gasteiger charge is -2.65. The number of methoxy groups -OCH3 is 1. The minimum absolute atomic E-state index is 0.0922. The van der Waals surface area contributed by atoms with E-state index in [1.54, 1.807) is 7.11 Å². The van der Waals surface area contributed by atoms with Crippen LogP contribution in [0, 0.1) is 45.3 Å². The Morgan fingerprint density at radius 3 is 2.40 bits per heavy atom. The Hall–Kier alpha value is -0.840. The molecule has 0 unspecified atom stereocenters. The summed E-state index contributed by atoms with van der Waals surface area (Å²) in [6, 6.07) is 0. The highest BCUT2D eigenvalue weighted by Crippen LogP contribution is 2.77. The standard InChI is InChI=1S/C37H60O8/c1-22(10-9-15-32(2,3)42-8)23-13-16-35(7)25-14-17-37-26(36(25,21-43-37)19-18-34(23,35)6)11-12-27(33(37,4)5)45-31-30(41)29(40)28(39)24(20-38)44-31/h9,14-15,17,22-31,38-41H,10-13,16,18-21H2,1-8H3/b15-9+/t22-,23-,24-,25+,26+,27+,28-,29-,30-,31+,34-,35+,36+,37-/m1/s1. The molecule has 0 aromatic heterocycles. The van der Waals surface area contributed by atoms with E-state index in [1.807, 2.05) is 0 Å². The van der Waals surface area contributed by atoms with Gasteiger partial charge in [0.2, 0.25) is 0 Å². The lowest BCUT2D eigenvalue weighted by Crippen LogP contribution is -2.66. The van der Waals surface area contributed by atoms with E-state index in [0.717, 1.165) is 25.9 Å². The molecular weight excluding hydrogens is 572 g/mol. The number of rotatable bonds is 8. The number of fused-ring (bicyclic) bond motifs is 2. The smallest absolute Gasteiger partial charge is 0.186 e. The molecule has 45 heavy (non-hydrogen) atoms. The third-order valence-corrected chi connectivity index (χ3v) is 14.8. The van der Waals surface area contributed by atoms with E-state index in [-0.39, 0.29) is 27.9 Å². The molecule has 8 nitrogen and oxygen atoms in total. The van der Waals surface area contributed by atoms with E-state index in [0.29, 0.717) is 23.7 Å². The Balaban J connectivity index is 1.24. The van der Waals surface area contributed by atoms with Gasteiger partial charge in [-0.05, 0) is 87.4 Å². The number of hydrogen-bond donors (Lipinski definition) is 4. The molecule has 5 fully saturated rings. The average molecular weight is 633 g/mol. The van der Waals surface area contributed by atoms with Crippen LogP contribution in [0.4, 0.5) is 0 Å². The highest BCUT2D eigenvalue weighted by atomic mass is 16.7. The number of hydrogen-bond acceptors (Lipinski definition) is 8. The molecule has 6 rings (SSSR count). The summed E-state index contributed by atoms with van der Waals surface area (Å²) in [7, 11) is 1.77. The van der Waals surface area contributed by atoms with Crippen molar-refractivity contribution in [3.05, 3.63) is 24.3 Å². The fourth-order valence-electron chi connectivity index (χ4n) is 11.6. The minimum Gasteiger partial charge on any atom is -0.394 e. The summed E-state index contributed by atoms with van der Waals surface area (Å²) in [6.45, 7) is 16.6. The molecular formula is C37H60O8. The maximum atomic E-state index is 10.7. The van der Waals surface area contributed by atoms with Crippen molar-refractivity contribution in [1.29, 1.82) is 0 Å². The third kappa shape index (κ3) is 4.74. The van der Waals surface area contributed by atoms with Gasteiger partial charge in [-0.1, -0.05) is 58.9 Å². The lowest BCUT2D eigenvalue weighted by molar-refractivity contribution is -0.329. The molecule has 256 valence electrons. The number of allylic oxidation sites excluding steroid dienone is 2. The van der Waals surface area contributed by atoms with Crippen LogP contribution in [0.1, 0.15) is 93.4 Å². The van der Waals surface area contributed by atoms with Crippen LogP contribution >= 0.6 is 0 Å². The second kappa shape index (κ2) is 11.4. The Morgan fingerprint density at radius 1 is 0.978 bits per heavy atom. The monoisotopic (exact) mass is 632 g/mol. The normalized spacial score (nSPS) is 51.2. The summed E-state index contributed by atoms with van der Waals surface area (Å²) in [5, 5.41) is 41.1. The maximum Gasteiger partial charge on any atom is 0.186 e. The molecule has 3 saturated carbocycles. The second-order valence-electron chi connectivity index (χ2n) is 17.2. The number of aliphatic hydroxyl groups is 4. The van der Waals surface area contributed by atoms with Crippen molar-refractivity contribution in [2.24, 2.45) is 45.3 Å². The molecule has 14 atom stereocenters. The van der Waals surface area contributed by atoms with Gasteiger partial charge < -0.3 is 39.4 Å². The Kier molecular flexibility index (Phi) is 8.60. The fourth-order valence-corrected chi connectivity index (χ4v) is 11.6. The first kappa shape index (κ1) is 34.0. The average Bonchev–Trinajstić information content (AvgIpc) is 3.39. The highest BCUT2D eigenvalue weighted by Gasteiger charge is 2.75. The van der Waals surface area contributed by atoms with Gasteiger partial charge in [0, 0.05) is 23.9 Å². The predicted octanol–water partition coefficient (Wildman–Crippen LogP) is 4.77. The van der Waals surface area contributed by atoms with E-state index in [1.165, 1.54) is 25.7 Å². The van der Waals surface area contributed by atoms with Gasteiger partial charge in [0.1, 0.15) is 24.4 Å². The van der Waals surface area contributed by atoms with Gasteiger partial charge in [0.15, 0.2) is 6.29 Å². The van der Waals surface area contributed by atoms with Gasteiger partial charge in [-0.2, -0.15) is 0 Å². The number of ether oxygens (including phenoxy) is 4. The molecule has 2 bridgehead atoms. The van der Waals surface area contributed by atoms with E-state index >= 15 is 0 Å². The van der Waals surface area contributed by atoms with Crippen molar-refractivity contribution in [2.45, 2.75) is 141 Å². The van der Waals surface area contributed by atoms with Gasteiger partial charge in [-0.15, -0.1) is 0 Å². The molecule has 4 aliphatic carbocycles. The summed E-state index contributed by atoms with van der Waals surface area (Å²) in [4.78, 5) is 0. The third-order valence-electron chi connectivity index (χ3n) is 14.8. The van der Waals surface area contributed by atoms with Gasteiger partial charge in [0.25, 0.3) is 0 Å². The van der Waals surface area contributed by atoms with Crippen molar-refractivity contribution in [1.82, 2.24) is 0 Å². The first-order chi connectivity index (χ1) is 21.0. The van der Waals surface area contributed by atoms with Crippen LogP contribution in [0.3, 0.4) is 0 Å². The molecule has 8 heteroatoms. The number of aliphatic hydroxyl groups excluding tert-OH is 4. The van der Waals surface area contributed by atoms with Crippen LogP contribution in [0.5, 0.6) is 0 Å². The SMILES string of the molecule is COC(C)(C)/C=C/C[C@@H](C)[C@H]1CC[C@@]2(C)[C@@H]3C=C[C@@]45OC[C@]3(CC[C@]12C)[C@@H]4CC[C@H](O[C@@H]1O[C@H](CO)[C@@H](O)[C@@H](O)[C@H]1O)C5(C)C. The molecule has 6 aliphatic rings. The van der Waals surface area contributed by atoms with Crippen LogP contribution in [0.15, 0.2) is 24.3 Å². The van der Waals surface area contributed by atoms with Gasteiger partial charge in [-0.3, -0.25) is 0 Å². The summed E-state index contributed by atoms with van der Waals surface area (Å²) in [6.07, 6.45) is 10.5. The summed E-state index contributed by atoms with van der Waals surface area (Å²) in [5.74, 6) is 2.12. The zero-order valence-corrected chi connectivity index (χ0v) is 28.9. The first-order valence-electron chi connectivity index (χ1n) is 17.6. The van der Waals surface area contributed by atoms with Gasteiger partial charge in [-0.25, -0.2) is 0 Å². The molecule has 2 heterocycles. The Bertz CT molecular complexity index is 1170. The van der Waals surface area contributed by atoms with Crippen LogP contribution in [-0.2, 0) is 18.9 Å². The maximum absolute atomic E-state index is 10.7. The van der Waals surface area contributed by atoms with E-state index < -0.39 is 48.3 Å². The molecule has 4 N–H and O–H groups in total. The lowest BCUT2D eigenvalue weighted by atomic mass is 9.38. The molecule has 1 spiro atoms. The molecule has 2 saturated heterocycles. The van der Waals surface area contributed by atoms with E-state index in [2.05, 4.69) is 72.8 Å². The van der Waals surface area contributed by atoms with Crippen molar-refractivity contribution >= 4 is 0 Å². The Morgan fingerprint density at radius 2 is 1.71 bits per heavy atom.